The molecule has 1 aromatic rings. The molecule has 116 valence electrons. The minimum atomic E-state index is -3.53. The predicted octanol–water partition coefficient (Wildman–Crippen LogP) is 2.93. The largest absolute Gasteiger partial charge is 0.389 e. The van der Waals surface area contributed by atoms with Gasteiger partial charge in [0.1, 0.15) is 4.99 Å². The average molecular weight is 347 g/mol. The van der Waals surface area contributed by atoms with Gasteiger partial charge < -0.3 is 5.73 Å². The highest BCUT2D eigenvalue weighted by Crippen LogP contribution is 2.30. The van der Waals surface area contributed by atoms with Crippen LogP contribution >= 0.6 is 23.8 Å². The molecule has 0 radical (unpaired) electrons. The molecule has 2 N–H and O–H groups in total. The van der Waals surface area contributed by atoms with Gasteiger partial charge in [-0.2, -0.15) is 4.31 Å². The van der Waals surface area contributed by atoms with E-state index in [1.807, 2.05) is 6.92 Å². The maximum Gasteiger partial charge on any atom is 0.243 e. The molecule has 0 amide bonds. The van der Waals surface area contributed by atoms with Gasteiger partial charge in [-0.15, -0.1) is 0 Å². The van der Waals surface area contributed by atoms with E-state index in [9.17, 15) is 8.42 Å². The molecule has 1 aromatic carbocycles. The summed E-state index contributed by atoms with van der Waals surface area (Å²) in [6, 6.07) is 4.62. The lowest BCUT2D eigenvalue weighted by Crippen LogP contribution is -2.38. The van der Waals surface area contributed by atoms with Crippen LogP contribution in [0.2, 0.25) is 5.02 Å². The van der Waals surface area contributed by atoms with Crippen LogP contribution in [0, 0.1) is 0 Å². The second-order valence-corrected chi connectivity index (χ2v) is 7.89. The van der Waals surface area contributed by atoms with Gasteiger partial charge in [0.2, 0.25) is 10.0 Å². The Morgan fingerprint density at radius 3 is 2.52 bits per heavy atom. The van der Waals surface area contributed by atoms with E-state index in [1.165, 1.54) is 12.1 Å². The summed E-state index contributed by atoms with van der Waals surface area (Å²) >= 11 is 11.0. The van der Waals surface area contributed by atoms with Crippen LogP contribution in [0.1, 0.15) is 38.2 Å². The van der Waals surface area contributed by atoms with Crippen molar-refractivity contribution in [3.63, 3.8) is 0 Å². The van der Waals surface area contributed by atoms with E-state index in [2.05, 4.69) is 0 Å². The van der Waals surface area contributed by atoms with Gasteiger partial charge in [-0.25, -0.2) is 8.42 Å². The lowest BCUT2D eigenvalue weighted by molar-refractivity contribution is 0.335. The SMILES string of the molecule is CCN(C1CCCC1)S(=O)(=O)c1ccc(C(N)=S)c(Cl)c1. The number of benzene rings is 1. The second-order valence-electron chi connectivity index (χ2n) is 5.15. The van der Waals surface area contributed by atoms with Crippen LogP contribution in [0.25, 0.3) is 0 Å². The van der Waals surface area contributed by atoms with Crippen LogP contribution in [-0.4, -0.2) is 30.3 Å². The Balaban J connectivity index is 2.38. The number of hydrogen-bond donors (Lipinski definition) is 1. The number of nitrogens with two attached hydrogens (primary N) is 1. The zero-order valence-electron chi connectivity index (χ0n) is 11.9. The molecule has 0 spiro atoms. The van der Waals surface area contributed by atoms with Gasteiger partial charge in [-0.05, 0) is 31.0 Å². The van der Waals surface area contributed by atoms with E-state index in [-0.39, 0.29) is 20.9 Å². The Kier molecular flexibility index (Phi) is 5.24. The van der Waals surface area contributed by atoms with Crippen molar-refractivity contribution >= 4 is 38.8 Å². The summed E-state index contributed by atoms with van der Waals surface area (Å²) in [6.07, 6.45) is 4.01. The number of thiocarbonyl (C=S) groups is 1. The van der Waals surface area contributed by atoms with Gasteiger partial charge in [0, 0.05) is 18.2 Å². The molecule has 1 aliphatic carbocycles. The molecule has 0 aromatic heterocycles. The molecule has 4 nitrogen and oxygen atoms in total. The Morgan fingerprint density at radius 1 is 1.43 bits per heavy atom. The summed E-state index contributed by atoms with van der Waals surface area (Å²) in [5.74, 6) is 0. The maximum absolute atomic E-state index is 12.8. The summed E-state index contributed by atoms with van der Waals surface area (Å²) < 4.78 is 27.1. The normalized spacial score (nSPS) is 16.5. The van der Waals surface area contributed by atoms with Crippen molar-refractivity contribution < 1.29 is 8.42 Å². The monoisotopic (exact) mass is 346 g/mol. The highest BCUT2D eigenvalue weighted by molar-refractivity contribution is 7.89. The van der Waals surface area contributed by atoms with Crippen LogP contribution in [0.5, 0.6) is 0 Å². The Bertz CT molecular complexity index is 640. The Morgan fingerprint density at radius 2 is 2.05 bits per heavy atom. The predicted molar refractivity (Wildman–Crippen MR) is 89.2 cm³/mol. The van der Waals surface area contributed by atoms with Crippen molar-refractivity contribution in [2.75, 3.05) is 6.54 Å². The first kappa shape index (κ1) is 16.7. The molecule has 0 heterocycles. The Labute approximate surface area is 136 Å². The zero-order valence-corrected chi connectivity index (χ0v) is 14.3. The standard InChI is InChI=1S/C14H19ClN2O2S2/c1-2-17(10-5-3-4-6-10)21(18,19)11-7-8-12(14(16)20)13(15)9-11/h7-10H,2-6H2,1H3,(H2,16,20). The van der Waals surface area contributed by atoms with Gasteiger partial charge in [0.25, 0.3) is 0 Å². The number of halogens is 1. The molecule has 21 heavy (non-hydrogen) atoms. The molecule has 7 heteroatoms. The smallest absolute Gasteiger partial charge is 0.243 e. The van der Waals surface area contributed by atoms with E-state index in [4.69, 9.17) is 29.6 Å². The summed E-state index contributed by atoms with van der Waals surface area (Å²) in [5, 5.41) is 0.269. The maximum atomic E-state index is 12.8. The van der Waals surface area contributed by atoms with Crippen LogP contribution in [-0.2, 0) is 10.0 Å². The fourth-order valence-electron chi connectivity index (χ4n) is 2.81. The minimum absolute atomic E-state index is 0.0917. The fourth-order valence-corrected chi connectivity index (χ4v) is 5.11. The molecule has 2 rings (SSSR count). The molecule has 0 bridgehead atoms. The topological polar surface area (TPSA) is 63.4 Å². The van der Waals surface area contributed by atoms with Gasteiger partial charge in [0.05, 0.1) is 9.92 Å². The average Bonchev–Trinajstić information content (AvgIpc) is 2.92. The van der Waals surface area contributed by atoms with Gasteiger partial charge >= 0.3 is 0 Å². The molecule has 1 fully saturated rings. The number of hydrogen-bond acceptors (Lipinski definition) is 3. The third-order valence-corrected chi connectivity index (χ3v) is 6.41. The van der Waals surface area contributed by atoms with Crippen LogP contribution in [0.15, 0.2) is 23.1 Å². The lowest BCUT2D eigenvalue weighted by atomic mass is 10.2. The molecule has 0 atom stereocenters. The molecule has 0 unspecified atom stereocenters. The van der Waals surface area contributed by atoms with E-state index >= 15 is 0 Å². The van der Waals surface area contributed by atoms with E-state index in [0.29, 0.717) is 12.1 Å². The summed E-state index contributed by atoms with van der Waals surface area (Å²) in [6.45, 7) is 2.32. The van der Waals surface area contributed by atoms with Gasteiger partial charge in [-0.1, -0.05) is 43.6 Å². The summed E-state index contributed by atoms with van der Waals surface area (Å²) in [5.41, 5.74) is 6.04. The first-order valence-electron chi connectivity index (χ1n) is 6.99. The fraction of sp³-hybridized carbons (Fsp3) is 0.500. The molecular weight excluding hydrogens is 328 g/mol. The molecule has 1 aliphatic rings. The van der Waals surface area contributed by atoms with Gasteiger partial charge in [-0.3, -0.25) is 0 Å². The highest BCUT2D eigenvalue weighted by atomic mass is 35.5. The third-order valence-electron chi connectivity index (χ3n) is 3.86. The van der Waals surface area contributed by atoms with E-state index in [1.54, 1.807) is 10.4 Å². The quantitative estimate of drug-likeness (QED) is 0.832. The van der Waals surface area contributed by atoms with E-state index < -0.39 is 10.0 Å². The molecule has 0 saturated heterocycles. The van der Waals surface area contributed by atoms with Crippen molar-refractivity contribution in [3.05, 3.63) is 28.8 Å². The minimum Gasteiger partial charge on any atom is -0.389 e. The van der Waals surface area contributed by atoms with Crippen LogP contribution in [0.4, 0.5) is 0 Å². The first-order chi connectivity index (χ1) is 9.87. The highest BCUT2D eigenvalue weighted by Gasteiger charge is 2.32. The van der Waals surface area contributed by atoms with Crippen molar-refractivity contribution in [2.45, 2.75) is 43.5 Å². The number of rotatable bonds is 5. The van der Waals surface area contributed by atoms with Crippen molar-refractivity contribution in [3.8, 4) is 0 Å². The third kappa shape index (κ3) is 3.39. The molecular formula is C14H19ClN2O2S2. The number of nitrogens with zero attached hydrogens (tertiary/aromatic N) is 1. The molecule has 0 aliphatic heterocycles. The van der Waals surface area contributed by atoms with E-state index in [0.717, 1.165) is 25.7 Å². The van der Waals surface area contributed by atoms with Crippen LogP contribution < -0.4 is 5.73 Å². The first-order valence-corrected chi connectivity index (χ1v) is 9.21. The van der Waals surface area contributed by atoms with Crippen LogP contribution in [0.3, 0.4) is 0 Å². The number of sulfonamides is 1. The van der Waals surface area contributed by atoms with Gasteiger partial charge in [0.15, 0.2) is 0 Å². The second kappa shape index (κ2) is 6.60. The van der Waals surface area contributed by atoms with Crippen molar-refractivity contribution in [1.82, 2.24) is 4.31 Å². The molecule has 1 saturated carbocycles. The zero-order chi connectivity index (χ0) is 15.6. The Hall–Kier alpha value is -0.690. The summed E-state index contributed by atoms with van der Waals surface area (Å²) in [7, 11) is -3.53. The summed E-state index contributed by atoms with van der Waals surface area (Å²) in [4.78, 5) is 0.355. The lowest BCUT2D eigenvalue weighted by Gasteiger charge is -2.26. The van der Waals surface area contributed by atoms with Crippen molar-refractivity contribution in [1.29, 1.82) is 0 Å². The van der Waals surface area contributed by atoms with Crippen molar-refractivity contribution in [2.24, 2.45) is 5.73 Å².